The van der Waals surface area contributed by atoms with E-state index in [1.165, 1.54) is 5.56 Å². The summed E-state index contributed by atoms with van der Waals surface area (Å²) in [5.74, 6) is -0.903. The van der Waals surface area contributed by atoms with Gasteiger partial charge in [-0.15, -0.1) is 0 Å². The van der Waals surface area contributed by atoms with E-state index in [4.69, 9.17) is 5.11 Å². The highest BCUT2D eigenvalue weighted by Crippen LogP contribution is 2.22. The Labute approximate surface area is 178 Å². The quantitative estimate of drug-likeness (QED) is 0.659. The second-order valence-corrected chi connectivity index (χ2v) is 7.96. The van der Waals surface area contributed by atoms with Gasteiger partial charge < -0.3 is 17.5 Å². The lowest BCUT2D eigenvalue weighted by atomic mass is 9.87. The van der Waals surface area contributed by atoms with Crippen molar-refractivity contribution in [1.82, 2.24) is 0 Å². The molecule has 0 saturated carbocycles. The molecule has 3 aromatic rings. The number of carboxylic acid groups (broad SMARTS) is 1. The predicted molar refractivity (Wildman–Crippen MR) is 113 cm³/mol. The fraction of sp³-hybridized carbons (Fsp3) is 0.200. The molecule has 0 radical (unpaired) electrons. The second kappa shape index (κ2) is 9.53. The fourth-order valence-corrected chi connectivity index (χ4v) is 3.01. The molecule has 0 spiro atoms. The molecule has 0 saturated heterocycles. The summed E-state index contributed by atoms with van der Waals surface area (Å²) in [5.41, 5.74) is 5.09. The Bertz CT molecular complexity index is 985. The number of rotatable bonds is 5. The largest absolute Gasteiger partial charge is 1.00 e. The summed E-state index contributed by atoms with van der Waals surface area (Å²) < 4.78 is 2.15. The lowest BCUT2D eigenvalue weighted by molar-refractivity contribution is -0.690. The van der Waals surface area contributed by atoms with Gasteiger partial charge in [-0.1, -0.05) is 57.2 Å². The highest BCUT2D eigenvalue weighted by Gasteiger charge is 2.13. The highest BCUT2D eigenvalue weighted by atomic mass is 35.5. The van der Waals surface area contributed by atoms with Gasteiger partial charge in [0.05, 0.1) is 5.56 Å². The van der Waals surface area contributed by atoms with Crippen LogP contribution < -0.4 is 17.0 Å². The number of aromatic nitrogens is 1. The summed E-state index contributed by atoms with van der Waals surface area (Å²) >= 11 is 0. The maximum atomic E-state index is 11.0. The van der Waals surface area contributed by atoms with Gasteiger partial charge in [-0.2, -0.15) is 4.57 Å². The van der Waals surface area contributed by atoms with Crippen molar-refractivity contribution in [2.75, 3.05) is 0 Å². The minimum Gasteiger partial charge on any atom is -1.00 e. The third kappa shape index (κ3) is 6.03. The minimum absolute atomic E-state index is 0. The van der Waals surface area contributed by atoms with Crippen molar-refractivity contribution in [2.24, 2.45) is 0 Å². The second-order valence-electron chi connectivity index (χ2n) is 7.96. The number of nitrogens with zero attached hydrogens (tertiary/aromatic N) is 1. The highest BCUT2D eigenvalue weighted by molar-refractivity contribution is 5.87. The lowest BCUT2D eigenvalue weighted by Gasteiger charge is -2.18. The van der Waals surface area contributed by atoms with E-state index in [2.05, 4.69) is 67.8 Å². The van der Waals surface area contributed by atoms with Crippen LogP contribution in [0.4, 0.5) is 0 Å². The first kappa shape index (κ1) is 22.4. The molecule has 0 bridgehead atoms. The van der Waals surface area contributed by atoms with E-state index in [9.17, 15) is 4.79 Å². The normalized spacial score (nSPS) is 11.3. The van der Waals surface area contributed by atoms with E-state index in [0.29, 0.717) is 12.1 Å². The smallest absolute Gasteiger partial charge is 0.335 e. The molecule has 1 N–H and O–H groups in total. The SMILES string of the molecule is CC(C)(C)c1ccc(/C=C/c2cccc[n+]2Cc2ccc(C(=O)O)cc2)cc1.[Cl-]. The Morgan fingerprint density at radius 2 is 1.59 bits per heavy atom. The van der Waals surface area contributed by atoms with Crippen molar-refractivity contribution in [3.63, 3.8) is 0 Å². The van der Waals surface area contributed by atoms with Crippen LogP contribution in [0.1, 0.15) is 53.5 Å². The van der Waals surface area contributed by atoms with Crippen LogP contribution in [0.3, 0.4) is 0 Å². The van der Waals surface area contributed by atoms with Crippen molar-refractivity contribution in [3.8, 4) is 0 Å². The molecule has 0 aliphatic carbocycles. The Morgan fingerprint density at radius 3 is 2.17 bits per heavy atom. The van der Waals surface area contributed by atoms with E-state index in [1.54, 1.807) is 12.1 Å². The van der Waals surface area contributed by atoms with E-state index in [0.717, 1.165) is 16.8 Å². The molecule has 4 heteroatoms. The number of hydrogen-bond donors (Lipinski definition) is 1. The first-order chi connectivity index (χ1) is 13.3. The van der Waals surface area contributed by atoms with Gasteiger partial charge in [-0.3, -0.25) is 0 Å². The van der Waals surface area contributed by atoms with Gasteiger partial charge in [0, 0.05) is 23.8 Å². The van der Waals surface area contributed by atoms with E-state index in [-0.39, 0.29) is 17.8 Å². The number of pyridine rings is 1. The summed E-state index contributed by atoms with van der Waals surface area (Å²) in [6.45, 7) is 7.33. The molecule has 2 aromatic carbocycles. The average Bonchev–Trinajstić information content (AvgIpc) is 2.67. The van der Waals surface area contributed by atoms with Gasteiger partial charge in [0.25, 0.3) is 0 Å². The summed E-state index contributed by atoms with van der Waals surface area (Å²) in [7, 11) is 0. The Kier molecular flexibility index (Phi) is 7.35. The molecule has 0 amide bonds. The van der Waals surface area contributed by atoms with Crippen molar-refractivity contribution in [3.05, 3.63) is 101 Å². The first-order valence-electron chi connectivity index (χ1n) is 9.42. The average molecular weight is 408 g/mol. The lowest BCUT2D eigenvalue weighted by Crippen LogP contribution is -3.00. The van der Waals surface area contributed by atoms with E-state index >= 15 is 0 Å². The summed E-state index contributed by atoms with van der Waals surface area (Å²) in [6.07, 6.45) is 6.26. The Balaban J connectivity index is 0.00000300. The molecule has 3 nitrogen and oxygen atoms in total. The van der Waals surface area contributed by atoms with Crippen molar-refractivity contribution < 1.29 is 26.9 Å². The van der Waals surface area contributed by atoms with Crippen LogP contribution in [0.25, 0.3) is 12.2 Å². The summed E-state index contributed by atoms with van der Waals surface area (Å²) in [6, 6.07) is 21.8. The van der Waals surface area contributed by atoms with Gasteiger partial charge in [0.1, 0.15) is 0 Å². The fourth-order valence-electron chi connectivity index (χ4n) is 3.01. The number of carboxylic acids is 1. The number of carbonyl (C=O) groups is 1. The van der Waals surface area contributed by atoms with Crippen LogP contribution in [-0.4, -0.2) is 11.1 Å². The minimum atomic E-state index is -0.903. The molecule has 0 fully saturated rings. The first-order valence-corrected chi connectivity index (χ1v) is 9.42. The molecule has 150 valence electrons. The van der Waals surface area contributed by atoms with Gasteiger partial charge in [0.15, 0.2) is 12.7 Å². The van der Waals surface area contributed by atoms with Gasteiger partial charge in [-0.25, -0.2) is 4.79 Å². The number of benzene rings is 2. The number of hydrogen-bond acceptors (Lipinski definition) is 1. The molecular formula is C25H26ClNO2. The summed E-state index contributed by atoms with van der Waals surface area (Å²) in [4.78, 5) is 11.0. The number of halogens is 1. The van der Waals surface area contributed by atoms with E-state index in [1.807, 2.05) is 30.5 Å². The van der Waals surface area contributed by atoms with Crippen LogP contribution in [-0.2, 0) is 12.0 Å². The van der Waals surface area contributed by atoms with E-state index < -0.39 is 5.97 Å². The van der Waals surface area contributed by atoms with Crippen molar-refractivity contribution >= 4 is 18.1 Å². The predicted octanol–water partition coefficient (Wildman–Crippen LogP) is 2.19. The molecule has 0 atom stereocenters. The third-order valence-corrected chi connectivity index (χ3v) is 4.75. The van der Waals surface area contributed by atoms with Gasteiger partial charge in [-0.05, 0) is 40.8 Å². The van der Waals surface area contributed by atoms with Crippen LogP contribution in [0.2, 0.25) is 0 Å². The zero-order valence-electron chi connectivity index (χ0n) is 17.0. The van der Waals surface area contributed by atoms with Gasteiger partial charge in [0.2, 0.25) is 5.69 Å². The van der Waals surface area contributed by atoms with Crippen LogP contribution in [0.15, 0.2) is 72.9 Å². The molecule has 29 heavy (non-hydrogen) atoms. The molecule has 3 rings (SSSR count). The molecular weight excluding hydrogens is 382 g/mol. The Hall–Kier alpha value is -2.91. The molecule has 0 unspecified atom stereocenters. The topological polar surface area (TPSA) is 41.2 Å². The molecule has 0 aliphatic heterocycles. The molecule has 1 heterocycles. The maximum Gasteiger partial charge on any atom is 0.335 e. The van der Waals surface area contributed by atoms with Crippen LogP contribution in [0, 0.1) is 0 Å². The van der Waals surface area contributed by atoms with Crippen molar-refractivity contribution in [2.45, 2.75) is 32.7 Å². The van der Waals surface area contributed by atoms with Crippen LogP contribution >= 0.6 is 0 Å². The molecule has 0 aliphatic rings. The summed E-state index contributed by atoms with van der Waals surface area (Å²) in [5, 5.41) is 9.03. The zero-order valence-corrected chi connectivity index (χ0v) is 17.7. The van der Waals surface area contributed by atoms with Gasteiger partial charge >= 0.3 is 5.97 Å². The van der Waals surface area contributed by atoms with Crippen LogP contribution in [0.5, 0.6) is 0 Å². The maximum absolute atomic E-state index is 11.0. The third-order valence-electron chi connectivity index (χ3n) is 4.75. The zero-order chi connectivity index (χ0) is 20.1. The number of aromatic carboxylic acids is 1. The standard InChI is InChI=1S/C25H25NO2.ClH/c1-25(2,3)22-14-9-19(10-15-22)11-16-23-6-4-5-17-26(23)18-20-7-12-21(13-8-20)24(27)28;/h4-17H,18H2,1-3H3;1H/b16-11+;. The molecule has 1 aromatic heterocycles. The monoisotopic (exact) mass is 407 g/mol. The van der Waals surface area contributed by atoms with Crippen molar-refractivity contribution in [1.29, 1.82) is 0 Å². The Morgan fingerprint density at radius 1 is 0.931 bits per heavy atom.